The highest BCUT2D eigenvalue weighted by Gasteiger charge is 2.28. The third-order valence-electron chi connectivity index (χ3n) is 3.50. The lowest BCUT2D eigenvalue weighted by molar-refractivity contribution is 0.0140. The second-order valence-corrected chi connectivity index (χ2v) is 6.91. The Labute approximate surface area is 141 Å². The monoisotopic (exact) mass is 339 g/mol. The number of pyridine rings is 1. The summed E-state index contributed by atoms with van der Waals surface area (Å²) in [5.74, 6) is -0.0875. The quantitative estimate of drug-likeness (QED) is 0.738. The minimum Gasteiger partial charge on any atom is -0.444 e. The van der Waals surface area contributed by atoms with Crippen LogP contribution in [0.1, 0.15) is 36.8 Å². The molecule has 1 aliphatic heterocycles. The second kappa shape index (κ2) is 6.74. The van der Waals surface area contributed by atoms with Crippen LogP contribution in [-0.2, 0) is 4.74 Å². The van der Waals surface area contributed by atoms with Gasteiger partial charge in [-0.15, -0.1) is 0 Å². The Bertz CT molecular complexity index is 605. The number of carbonyl (C=O) groups excluding carboxylic acids is 2. The SMILES string of the molecule is Cc1nc(Cl)ccc1C(=O)N1CCN(C(=O)OC(C)(C)C)CC1. The van der Waals surface area contributed by atoms with Crippen LogP contribution in [0.3, 0.4) is 0 Å². The van der Waals surface area contributed by atoms with Gasteiger partial charge in [0.2, 0.25) is 0 Å². The molecule has 0 saturated carbocycles. The average Bonchev–Trinajstić information content (AvgIpc) is 2.45. The van der Waals surface area contributed by atoms with Gasteiger partial charge in [-0.25, -0.2) is 9.78 Å². The van der Waals surface area contributed by atoms with Crippen LogP contribution in [0.25, 0.3) is 0 Å². The summed E-state index contributed by atoms with van der Waals surface area (Å²) >= 11 is 5.82. The molecule has 1 aliphatic rings. The number of rotatable bonds is 1. The molecule has 0 unspecified atom stereocenters. The molecule has 23 heavy (non-hydrogen) atoms. The first-order valence-corrected chi connectivity index (χ1v) is 7.95. The lowest BCUT2D eigenvalue weighted by Gasteiger charge is -2.35. The van der Waals surface area contributed by atoms with E-state index in [2.05, 4.69) is 4.98 Å². The summed E-state index contributed by atoms with van der Waals surface area (Å²) in [4.78, 5) is 32.0. The van der Waals surface area contributed by atoms with Gasteiger partial charge >= 0.3 is 6.09 Å². The number of ether oxygens (including phenoxy) is 1. The van der Waals surface area contributed by atoms with Gasteiger partial charge in [0.05, 0.1) is 11.3 Å². The molecule has 7 heteroatoms. The lowest BCUT2D eigenvalue weighted by Crippen LogP contribution is -2.51. The number of piperazine rings is 1. The zero-order valence-electron chi connectivity index (χ0n) is 13.9. The summed E-state index contributed by atoms with van der Waals surface area (Å²) in [6.45, 7) is 9.13. The van der Waals surface area contributed by atoms with Crippen LogP contribution in [-0.4, -0.2) is 58.6 Å². The van der Waals surface area contributed by atoms with Crippen LogP contribution < -0.4 is 0 Å². The highest BCUT2D eigenvalue weighted by Crippen LogP contribution is 2.16. The molecule has 0 aromatic carbocycles. The van der Waals surface area contributed by atoms with E-state index in [1.165, 1.54) is 0 Å². The highest BCUT2D eigenvalue weighted by atomic mass is 35.5. The Morgan fingerprint density at radius 3 is 2.22 bits per heavy atom. The zero-order valence-corrected chi connectivity index (χ0v) is 14.7. The first-order valence-electron chi connectivity index (χ1n) is 7.58. The van der Waals surface area contributed by atoms with Crippen LogP contribution in [0.4, 0.5) is 4.79 Å². The van der Waals surface area contributed by atoms with E-state index in [-0.39, 0.29) is 12.0 Å². The smallest absolute Gasteiger partial charge is 0.410 e. The minimum absolute atomic E-state index is 0.0875. The lowest BCUT2D eigenvalue weighted by atomic mass is 10.1. The van der Waals surface area contributed by atoms with Crippen molar-refractivity contribution in [2.24, 2.45) is 0 Å². The maximum absolute atomic E-state index is 12.5. The van der Waals surface area contributed by atoms with Gasteiger partial charge in [-0.3, -0.25) is 4.79 Å². The molecule has 0 aliphatic carbocycles. The third kappa shape index (κ3) is 4.58. The van der Waals surface area contributed by atoms with Crippen LogP contribution in [0.5, 0.6) is 0 Å². The molecule has 2 amide bonds. The maximum Gasteiger partial charge on any atom is 0.410 e. The third-order valence-corrected chi connectivity index (χ3v) is 3.71. The summed E-state index contributed by atoms with van der Waals surface area (Å²) in [7, 11) is 0. The van der Waals surface area contributed by atoms with E-state index in [1.807, 2.05) is 20.8 Å². The van der Waals surface area contributed by atoms with Crippen molar-refractivity contribution < 1.29 is 14.3 Å². The first kappa shape index (κ1) is 17.5. The van der Waals surface area contributed by atoms with E-state index in [9.17, 15) is 9.59 Å². The van der Waals surface area contributed by atoms with Crippen molar-refractivity contribution in [3.8, 4) is 0 Å². The molecule has 1 aromatic heterocycles. The predicted octanol–water partition coefficient (Wildman–Crippen LogP) is 2.74. The van der Waals surface area contributed by atoms with Gasteiger partial charge in [0.15, 0.2) is 0 Å². The number of hydrogen-bond donors (Lipinski definition) is 0. The molecule has 2 rings (SSSR count). The normalized spacial score (nSPS) is 15.5. The van der Waals surface area contributed by atoms with E-state index in [0.29, 0.717) is 42.6 Å². The van der Waals surface area contributed by atoms with Crippen LogP contribution in [0.15, 0.2) is 12.1 Å². The first-order chi connectivity index (χ1) is 10.7. The Morgan fingerprint density at radius 1 is 1.13 bits per heavy atom. The Balaban J connectivity index is 1.96. The molecule has 0 spiro atoms. The van der Waals surface area contributed by atoms with Gasteiger partial charge in [-0.1, -0.05) is 11.6 Å². The molecule has 1 aromatic rings. The number of carbonyl (C=O) groups is 2. The van der Waals surface area contributed by atoms with Crippen LogP contribution in [0, 0.1) is 6.92 Å². The van der Waals surface area contributed by atoms with Gasteiger partial charge < -0.3 is 14.5 Å². The van der Waals surface area contributed by atoms with E-state index >= 15 is 0 Å². The van der Waals surface area contributed by atoms with Crippen molar-refractivity contribution >= 4 is 23.6 Å². The molecule has 0 radical (unpaired) electrons. The fourth-order valence-electron chi connectivity index (χ4n) is 2.35. The number of halogens is 1. The Hall–Kier alpha value is -1.82. The number of hydrogen-bond acceptors (Lipinski definition) is 4. The summed E-state index contributed by atoms with van der Waals surface area (Å²) in [5.41, 5.74) is 0.632. The molecular weight excluding hydrogens is 318 g/mol. The molecule has 1 saturated heterocycles. The maximum atomic E-state index is 12.5. The average molecular weight is 340 g/mol. The topological polar surface area (TPSA) is 62.7 Å². The van der Waals surface area contributed by atoms with E-state index < -0.39 is 5.60 Å². The van der Waals surface area contributed by atoms with Gasteiger partial charge in [-0.2, -0.15) is 0 Å². The standard InChI is InChI=1S/C16H22ClN3O3/c1-11-12(5-6-13(17)18-11)14(21)19-7-9-20(10-8-19)15(22)23-16(2,3)4/h5-6H,7-10H2,1-4H3. The van der Waals surface area contributed by atoms with Crippen molar-refractivity contribution in [2.45, 2.75) is 33.3 Å². The molecule has 6 nitrogen and oxygen atoms in total. The fourth-order valence-corrected chi connectivity index (χ4v) is 2.54. The van der Waals surface area contributed by atoms with Crippen molar-refractivity contribution in [3.63, 3.8) is 0 Å². The number of aromatic nitrogens is 1. The number of amides is 2. The Kier molecular flexibility index (Phi) is 5.14. The van der Waals surface area contributed by atoms with Crippen molar-refractivity contribution in [1.82, 2.24) is 14.8 Å². The van der Waals surface area contributed by atoms with Crippen molar-refractivity contribution in [3.05, 3.63) is 28.5 Å². The zero-order chi connectivity index (χ0) is 17.2. The Morgan fingerprint density at radius 2 is 1.70 bits per heavy atom. The van der Waals surface area contributed by atoms with E-state index in [0.717, 1.165) is 0 Å². The molecule has 0 N–H and O–H groups in total. The van der Waals surface area contributed by atoms with Crippen molar-refractivity contribution in [2.75, 3.05) is 26.2 Å². The van der Waals surface area contributed by atoms with Crippen molar-refractivity contribution in [1.29, 1.82) is 0 Å². The molecule has 0 bridgehead atoms. The molecule has 0 atom stereocenters. The molecule has 126 valence electrons. The highest BCUT2D eigenvalue weighted by molar-refractivity contribution is 6.29. The van der Waals surface area contributed by atoms with Gasteiger partial charge in [0.1, 0.15) is 10.8 Å². The van der Waals surface area contributed by atoms with Crippen LogP contribution in [0.2, 0.25) is 5.15 Å². The van der Waals surface area contributed by atoms with E-state index in [4.69, 9.17) is 16.3 Å². The molecular formula is C16H22ClN3O3. The van der Waals surface area contributed by atoms with Crippen LogP contribution >= 0.6 is 11.6 Å². The minimum atomic E-state index is -0.518. The number of aryl methyl sites for hydroxylation is 1. The van der Waals surface area contributed by atoms with Gasteiger partial charge in [0.25, 0.3) is 5.91 Å². The van der Waals surface area contributed by atoms with E-state index in [1.54, 1.807) is 28.9 Å². The second-order valence-electron chi connectivity index (χ2n) is 6.53. The summed E-state index contributed by atoms with van der Waals surface area (Å²) < 4.78 is 5.35. The molecule has 1 fully saturated rings. The van der Waals surface area contributed by atoms with Gasteiger partial charge in [-0.05, 0) is 39.8 Å². The summed E-state index contributed by atoms with van der Waals surface area (Å²) in [6.07, 6.45) is -0.339. The predicted molar refractivity (Wildman–Crippen MR) is 87.7 cm³/mol. The summed E-state index contributed by atoms with van der Waals surface area (Å²) in [6, 6.07) is 3.30. The fraction of sp³-hybridized carbons (Fsp3) is 0.562. The van der Waals surface area contributed by atoms with Gasteiger partial charge in [0, 0.05) is 26.2 Å². The largest absolute Gasteiger partial charge is 0.444 e. The summed E-state index contributed by atoms with van der Waals surface area (Å²) in [5, 5.41) is 0.369. The molecule has 2 heterocycles. The number of nitrogens with zero attached hydrogens (tertiary/aromatic N) is 3.